The zero-order chi connectivity index (χ0) is 16.8. The van der Waals surface area contributed by atoms with Gasteiger partial charge in [-0.2, -0.15) is 0 Å². The van der Waals surface area contributed by atoms with Crippen LogP contribution in [0.3, 0.4) is 0 Å². The van der Waals surface area contributed by atoms with Gasteiger partial charge in [-0.3, -0.25) is 4.90 Å². The number of methoxy groups -OCH3 is 1. The van der Waals surface area contributed by atoms with Crippen LogP contribution < -0.4 is 4.74 Å². The molecule has 2 bridgehead atoms. The molecule has 3 rings (SSSR count). The van der Waals surface area contributed by atoms with Crippen LogP contribution in [0.15, 0.2) is 29.8 Å². The summed E-state index contributed by atoms with van der Waals surface area (Å²) in [5.74, 6) is -0.0176. The molecule has 3 atom stereocenters. The third kappa shape index (κ3) is 2.45. The van der Waals surface area contributed by atoms with E-state index in [9.17, 15) is 9.90 Å². The van der Waals surface area contributed by atoms with Crippen molar-refractivity contribution >= 4 is 5.97 Å². The van der Waals surface area contributed by atoms with E-state index in [-0.39, 0.29) is 11.5 Å². The Kier molecular flexibility index (Phi) is 3.96. The normalized spacial score (nSPS) is 31.7. The Bertz CT molecular complexity index is 667. The maximum atomic E-state index is 11.4. The van der Waals surface area contributed by atoms with Crippen LogP contribution in [0.1, 0.15) is 37.8 Å². The molecule has 1 aromatic carbocycles. The van der Waals surface area contributed by atoms with E-state index in [1.54, 1.807) is 7.11 Å². The Morgan fingerprint density at radius 1 is 1.52 bits per heavy atom. The van der Waals surface area contributed by atoms with Gasteiger partial charge in [0.05, 0.1) is 7.11 Å². The molecule has 4 heteroatoms. The topological polar surface area (TPSA) is 49.8 Å². The molecule has 1 fully saturated rings. The minimum Gasteiger partial charge on any atom is -0.497 e. The molecule has 0 aromatic heterocycles. The molecule has 0 saturated carbocycles. The van der Waals surface area contributed by atoms with Crippen LogP contribution in [0.5, 0.6) is 5.75 Å². The number of benzene rings is 1. The summed E-state index contributed by atoms with van der Waals surface area (Å²) in [6.45, 7) is 4.40. The molecule has 124 valence electrons. The largest absolute Gasteiger partial charge is 0.497 e. The second-order valence-electron chi connectivity index (χ2n) is 6.94. The fourth-order valence-electron chi connectivity index (χ4n) is 4.50. The van der Waals surface area contributed by atoms with Gasteiger partial charge in [0.2, 0.25) is 0 Å². The highest BCUT2D eigenvalue weighted by molar-refractivity contribution is 5.82. The van der Waals surface area contributed by atoms with Crippen molar-refractivity contribution in [2.75, 3.05) is 14.2 Å². The molecule has 1 aromatic rings. The van der Waals surface area contributed by atoms with Crippen LogP contribution in [0.25, 0.3) is 0 Å². The average Bonchev–Trinajstić information content (AvgIpc) is 2.53. The van der Waals surface area contributed by atoms with E-state index < -0.39 is 5.97 Å². The lowest BCUT2D eigenvalue weighted by atomic mass is 9.59. The molecule has 1 heterocycles. The zero-order valence-electron chi connectivity index (χ0n) is 14.3. The number of carboxylic acid groups (broad SMARTS) is 1. The average molecular weight is 315 g/mol. The Labute approximate surface area is 137 Å². The molecule has 0 amide bonds. The number of likely N-dealkylation sites (tertiary alicyclic amines) is 1. The van der Waals surface area contributed by atoms with Crippen molar-refractivity contribution in [1.82, 2.24) is 4.90 Å². The van der Waals surface area contributed by atoms with Gasteiger partial charge in [0.25, 0.3) is 0 Å². The highest BCUT2D eigenvalue weighted by Crippen LogP contribution is 2.51. The van der Waals surface area contributed by atoms with E-state index in [1.165, 1.54) is 17.2 Å². The maximum absolute atomic E-state index is 11.4. The predicted octanol–water partition coefficient (Wildman–Crippen LogP) is 3.00. The number of aliphatic carboxylic acids is 1. The minimum atomic E-state index is -0.856. The van der Waals surface area contributed by atoms with E-state index in [0.717, 1.165) is 30.6 Å². The third-order valence-electron chi connectivity index (χ3n) is 5.78. The Morgan fingerprint density at radius 3 is 2.87 bits per heavy atom. The van der Waals surface area contributed by atoms with Gasteiger partial charge in [0.1, 0.15) is 5.75 Å². The minimum absolute atomic E-state index is 0.163. The predicted molar refractivity (Wildman–Crippen MR) is 90.0 cm³/mol. The van der Waals surface area contributed by atoms with Gasteiger partial charge in [-0.25, -0.2) is 4.79 Å². The number of piperidine rings is 1. The number of carboxylic acids is 1. The van der Waals surface area contributed by atoms with Crippen molar-refractivity contribution in [2.24, 2.45) is 0 Å². The van der Waals surface area contributed by atoms with E-state index in [0.29, 0.717) is 6.04 Å². The number of rotatable bonds is 3. The Morgan fingerprint density at radius 2 is 2.26 bits per heavy atom. The summed E-state index contributed by atoms with van der Waals surface area (Å²) in [6.07, 6.45) is 4.31. The molecule has 2 aliphatic rings. The van der Waals surface area contributed by atoms with Crippen LogP contribution in [-0.4, -0.2) is 42.2 Å². The zero-order valence-corrected chi connectivity index (χ0v) is 14.3. The second kappa shape index (κ2) is 5.68. The van der Waals surface area contributed by atoms with Crippen LogP contribution in [0.4, 0.5) is 0 Å². The SMILES string of the molecule is CCC1CC2(C)C(=CC(=O)O)C(Cc3ccc(OC)cc32)N1C. The smallest absolute Gasteiger partial charge is 0.328 e. The van der Waals surface area contributed by atoms with Gasteiger partial charge in [0.15, 0.2) is 0 Å². The van der Waals surface area contributed by atoms with Crippen LogP contribution >= 0.6 is 0 Å². The summed E-state index contributed by atoms with van der Waals surface area (Å²) in [7, 11) is 3.80. The summed E-state index contributed by atoms with van der Waals surface area (Å²) >= 11 is 0. The number of ether oxygens (including phenoxy) is 1. The standard InChI is InChI=1S/C19H25NO3/c1-5-13-11-19(2)15-9-14(23-4)7-6-12(15)8-17(20(13)3)16(19)10-18(21)22/h6-7,9-10,13,17H,5,8,11H2,1-4H3,(H,21,22). The molecule has 1 N–H and O–H groups in total. The van der Waals surface area contributed by atoms with E-state index in [2.05, 4.69) is 37.9 Å². The van der Waals surface area contributed by atoms with E-state index in [4.69, 9.17) is 4.74 Å². The highest BCUT2D eigenvalue weighted by Gasteiger charge is 2.49. The lowest BCUT2D eigenvalue weighted by molar-refractivity contribution is -0.131. The highest BCUT2D eigenvalue weighted by atomic mass is 16.5. The first kappa shape index (κ1) is 16.1. The van der Waals surface area contributed by atoms with Gasteiger partial charge in [-0.05, 0) is 55.1 Å². The fraction of sp³-hybridized carbons (Fsp3) is 0.526. The van der Waals surface area contributed by atoms with Gasteiger partial charge < -0.3 is 9.84 Å². The van der Waals surface area contributed by atoms with Gasteiger partial charge in [0, 0.05) is 23.6 Å². The summed E-state index contributed by atoms with van der Waals surface area (Å²) in [6, 6.07) is 6.86. The third-order valence-corrected chi connectivity index (χ3v) is 5.78. The lowest BCUT2D eigenvalue weighted by Gasteiger charge is -2.54. The maximum Gasteiger partial charge on any atom is 0.328 e. The van der Waals surface area contributed by atoms with Crippen molar-refractivity contribution in [3.8, 4) is 5.75 Å². The van der Waals surface area contributed by atoms with Gasteiger partial charge in [-0.1, -0.05) is 19.9 Å². The number of nitrogens with zero attached hydrogens (tertiary/aromatic N) is 1. The van der Waals surface area contributed by atoms with Crippen LogP contribution in [0.2, 0.25) is 0 Å². The first-order valence-corrected chi connectivity index (χ1v) is 8.25. The van der Waals surface area contributed by atoms with Crippen molar-refractivity contribution in [3.05, 3.63) is 41.0 Å². The van der Waals surface area contributed by atoms with Crippen molar-refractivity contribution in [3.63, 3.8) is 0 Å². The molecule has 1 aliphatic carbocycles. The molecular weight excluding hydrogens is 290 g/mol. The van der Waals surface area contributed by atoms with Crippen molar-refractivity contribution in [2.45, 2.75) is 50.6 Å². The molecule has 4 nitrogen and oxygen atoms in total. The van der Waals surface area contributed by atoms with Gasteiger partial charge >= 0.3 is 5.97 Å². The molecule has 0 spiro atoms. The van der Waals surface area contributed by atoms with E-state index >= 15 is 0 Å². The van der Waals surface area contributed by atoms with Gasteiger partial charge in [-0.15, -0.1) is 0 Å². The van der Waals surface area contributed by atoms with Crippen LogP contribution in [0, 0.1) is 0 Å². The second-order valence-corrected chi connectivity index (χ2v) is 6.94. The molecule has 1 aliphatic heterocycles. The number of hydrogen-bond donors (Lipinski definition) is 1. The summed E-state index contributed by atoms with van der Waals surface area (Å²) in [5.41, 5.74) is 3.32. The summed E-state index contributed by atoms with van der Waals surface area (Å²) in [5, 5.41) is 9.37. The first-order chi connectivity index (χ1) is 10.9. The quantitative estimate of drug-likeness (QED) is 0.871. The number of fused-ring (bicyclic) bond motifs is 4. The monoisotopic (exact) mass is 315 g/mol. The van der Waals surface area contributed by atoms with Crippen LogP contribution in [-0.2, 0) is 16.6 Å². The molecule has 1 saturated heterocycles. The number of carbonyl (C=O) groups is 1. The first-order valence-electron chi connectivity index (χ1n) is 8.25. The molecular formula is C19H25NO3. The number of hydrogen-bond acceptors (Lipinski definition) is 3. The molecule has 23 heavy (non-hydrogen) atoms. The lowest BCUT2D eigenvalue weighted by Crippen LogP contribution is -2.57. The molecule has 3 unspecified atom stereocenters. The summed E-state index contributed by atoms with van der Waals surface area (Å²) < 4.78 is 5.41. The molecule has 0 radical (unpaired) electrons. The fourth-order valence-corrected chi connectivity index (χ4v) is 4.50. The summed E-state index contributed by atoms with van der Waals surface area (Å²) in [4.78, 5) is 13.8. The Hall–Kier alpha value is -1.81. The van der Waals surface area contributed by atoms with Crippen molar-refractivity contribution < 1.29 is 14.6 Å². The number of likely N-dealkylation sites (N-methyl/N-ethyl adjacent to an activating group) is 1. The van der Waals surface area contributed by atoms with Crippen molar-refractivity contribution in [1.29, 1.82) is 0 Å². The Balaban J connectivity index is 2.21. The van der Waals surface area contributed by atoms with E-state index in [1.807, 2.05) is 6.07 Å².